The molecule has 130 valence electrons. The molecule has 2 heterocycles. The maximum atomic E-state index is 13.7. The topological polar surface area (TPSA) is 73.2 Å². The van der Waals surface area contributed by atoms with E-state index < -0.39 is 26.6 Å². The van der Waals surface area contributed by atoms with Crippen molar-refractivity contribution in [1.29, 1.82) is 0 Å². The minimum absolute atomic E-state index is 0.228. The summed E-state index contributed by atoms with van der Waals surface area (Å²) in [5.74, 6) is -1.55. The second-order valence-corrected chi connectivity index (χ2v) is 7.34. The Morgan fingerprint density at radius 2 is 2.04 bits per heavy atom. The van der Waals surface area contributed by atoms with Crippen molar-refractivity contribution < 1.29 is 21.9 Å². The third-order valence-electron chi connectivity index (χ3n) is 3.86. The van der Waals surface area contributed by atoms with Gasteiger partial charge in [-0.05, 0) is 30.9 Å². The number of nitrogens with one attached hydrogen (secondary N) is 1. The maximum Gasteiger partial charge on any atom is 0.264 e. The zero-order valence-corrected chi connectivity index (χ0v) is 13.6. The van der Waals surface area contributed by atoms with Crippen LogP contribution in [0.25, 0.3) is 0 Å². The number of hydrogen-bond acceptors (Lipinski definition) is 4. The van der Waals surface area contributed by atoms with Gasteiger partial charge < -0.3 is 4.74 Å². The standard InChI is InChI=1S/C15H17F2N3O3S/c16-12-1-2-15(14(17)7-12)24(21,22)19-13-8-18-20(10-13)9-11-3-5-23-6-4-11/h1-2,7-8,10-11,19H,3-6,9H2. The second-order valence-electron chi connectivity index (χ2n) is 5.69. The molecule has 1 aromatic carbocycles. The van der Waals surface area contributed by atoms with Gasteiger partial charge in [-0.3, -0.25) is 9.40 Å². The number of hydrogen-bond donors (Lipinski definition) is 1. The number of ether oxygens (including phenoxy) is 1. The summed E-state index contributed by atoms with van der Waals surface area (Å²) in [7, 11) is -4.15. The maximum absolute atomic E-state index is 13.7. The lowest BCUT2D eigenvalue weighted by molar-refractivity contribution is 0.0601. The Bertz CT molecular complexity index is 817. The van der Waals surface area contributed by atoms with Gasteiger partial charge in [0.05, 0.1) is 11.9 Å². The normalized spacial score (nSPS) is 16.2. The van der Waals surface area contributed by atoms with Crippen LogP contribution in [0.15, 0.2) is 35.5 Å². The first-order valence-electron chi connectivity index (χ1n) is 7.52. The lowest BCUT2D eigenvalue weighted by Gasteiger charge is -2.21. The quantitative estimate of drug-likeness (QED) is 0.892. The van der Waals surface area contributed by atoms with E-state index in [4.69, 9.17) is 4.74 Å². The molecule has 0 saturated carbocycles. The largest absolute Gasteiger partial charge is 0.381 e. The van der Waals surface area contributed by atoms with Crippen LogP contribution in [-0.2, 0) is 21.3 Å². The van der Waals surface area contributed by atoms with Crippen molar-refractivity contribution in [2.24, 2.45) is 5.92 Å². The van der Waals surface area contributed by atoms with Crippen LogP contribution in [-0.4, -0.2) is 31.4 Å². The van der Waals surface area contributed by atoms with Gasteiger partial charge in [0, 0.05) is 32.0 Å². The Labute approximate surface area is 138 Å². The van der Waals surface area contributed by atoms with E-state index in [1.165, 1.54) is 6.20 Å². The number of halogens is 2. The van der Waals surface area contributed by atoms with Crippen LogP contribution in [0, 0.1) is 17.6 Å². The van der Waals surface area contributed by atoms with Gasteiger partial charge in [0.1, 0.15) is 16.5 Å². The Balaban J connectivity index is 1.71. The number of benzene rings is 1. The molecule has 3 rings (SSSR count). The molecule has 1 N–H and O–H groups in total. The number of anilines is 1. The molecule has 1 aromatic heterocycles. The summed E-state index contributed by atoms with van der Waals surface area (Å²) in [5, 5.41) is 4.12. The zero-order valence-electron chi connectivity index (χ0n) is 12.8. The van der Waals surface area contributed by atoms with Crippen molar-refractivity contribution in [3.63, 3.8) is 0 Å². The fourth-order valence-electron chi connectivity index (χ4n) is 2.61. The summed E-state index contributed by atoms with van der Waals surface area (Å²) in [5.41, 5.74) is 0.228. The van der Waals surface area contributed by atoms with Crippen LogP contribution >= 0.6 is 0 Å². The molecular weight excluding hydrogens is 340 g/mol. The monoisotopic (exact) mass is 357 g/mol. The summed E-state index contributed by atoms with van der Waals surface area (Å²) >= 11 is 0. The predicted molar refractivity (Wildman–Crippen MR) is 82.9 cm³/mol. The highest BCUT2D eigenvalue weighted by Gasteiger charge is 2.21. The fourth-order valence-corrected chi connectivity index (χ4v) is 3.70. The van der Waals surface area contributed by atoms with E-state index in [0.29, 0.717) is 18.5 Å². The molecular formula is C15H17F2N3O3S. The summed E-state index contributed by atoms with van der Waals surface area (Å²) in [6.45, 7) is 2.10. The summed E-state index contributed by atoms with van der Waals surface area (Å²) in [6, 6.07) is 2.31. The molecule has 1 aliphatic rings. The highest BCUT2D eigenvalue weighted by Crippen LogP contribution is 2.21. The molecule has 24 heavy (non-hydrogen) atoms. The molecule has 0 bridgehead atoms. The van der Waals surface area contributed by atoms with E-state index in [1.54, 1.807) is 10.9 Å². The average Bonchev–Trinajstić information content (AvgIpc) is 2.94. The molecule has 1 aliphatic heterocycles. The molecule has 0 unspecified atom stereocenters. The highest BCUT2D eigenvalue weighted by molar-refractivity contribution is 7.92. The van der Waals surface area contributed by atoms with E-state index in [9.17, 15) is 17.2 Å². The van der Waals surface area contributed by atoms with Crippen molar-refractivity contribution in [2.75, 3.05) is 17.9 Å². The van der Waals surface area contributed by atoms with E-state index in [-0.39, 0.29) is 5.69 Å². The summed E-state index contributed by atoms with van der Waals surface area (Å²) < 4.78 is 60.2. The predicted octanol–water partition coefficient (Wildman–Crippen LogP) is 2.39. The summed E-state index contributed by atoms with van der Waals surface area (Å²) in [6.07, 6.45) is 4.77. The third kappa shape index (κ3) is 3.90. The number of sulfonamides is 1. The summed E-state index contributed by atoms with van der Waals surface area (Å²) in [4.78, 5) is -0.610. The molecule has 1 saturated heterocycles. The van der Waals surface area contributed by atoms with Crippen LogP contribution in [0.3, 0.4) is 0 Å². The first kappa shape index (κ1) is 16.8. The first-order chi connectivity index (χ1) is 11.4. The minimum atomic E-state index is -4.15. The molecule has 0 spiro atoms. The van der Waals surface area contributed by atoms with Crippen LogP contribution in [0.1, 0.15) is 12.8 Å². The lowest BCUT2D eigenvalue weighted by Crippen LogP contribution is -2.20. The molecule has 0 radical (unpaired) electrons. The van der Waals surface area contributed by atoms with Gasteiger partial charge in [-0.15, -0.1) is 0 Å². The number of nitrogens with zero attached hydrogens (tertiary/aromatic N) is 2. The Kier molecular flexibility index (Phi) is 4.81. The van der Waals surface area contributed by atoms with Gasteiger partial charge in [0.25, 0.3) is 10.0 Å². The molecule has 0 atom stereocenters. The molecule has 1 fully saturated rings. The lowest BCUT2D eigenvalue weighted by atomic mass is 10.0. The van der Waals surface area contributed by atoms with Gasteiger partial charge in [0.2, 0.25) is 0 Å². The molecule has 2 aromatic rings. The second kappa shape index (κ2) is 6.86. The third-order valence-corrected chi connectivity index (χ3v) is 5.27. The van der Waals surface area contributed by atoms with Crippen molar-refractivity contribution in [3.8, 4) is 0 Å². The van der Waals surface area contributed by atoms with E-state index >= 15 is 0 Å². The van der Waals surface area contributed by atoms with E-state index in [0.717, 1.165) is 38.2 Å². The van der Waals surface area contributed by atoms with Crippen molar-refractivity contribution in [2.45, 2.75) is 24.3 Å². The van der Waals surface area contributed by atoms with Gasteiger partial charge in [0.15, 0.2) is 0 Å². The fraction of sp³-hybridized carbons (Fsp3) is 0.400. The molecule has 0 aliphatic carbocycles. The molecule has 6 nitrogen and oxygen atoms in total. The average molecular weight is 357 g/mol. The smallest absolute Gasteiger partial charge is 0.264 e. The van der Waals surface area contributed by atoms with E-state index in [2.05, 4.69) is 9.82 Å². The van der Waals surface area contributed by atoms with Crippen molar-refractivity contribution in [3.05, 3.63) is 42.2 Å². The van der Waals surface area contributed by atoms with Gasteiger partial charge >= 0.3 is 0 Å². The highest BCUT2D eigenvalue weighted by atomic mass is 32.2. The Hall–Kier alpha value is -2.00. The molecule has 9 heteroatoms. The van der Waals surface area contributed by atoms with Crippen LogP contribution < -0.4 is 4.72 Å². The van der Waals surface area contributed by atoms with Crippen LogP contribution in [0.2, 0.25) is 0 Å². The number of rotatable bonds is 5. The van der Waals surface area contributed by atoms with E-state index in [1.807, 2.05) is 0 Å². The zero-order chi connectivity index (χ0) is 17.2. The SMILES string of the molecule is O=S(=O)(Nc1cnn(CC2CCOCC2)c1)c1ccc(F)cc1F. The Morgan fingerprint density at radius 1 is 1.29 bits per heavy atom. The number of aromatic nitrogens is 2. The Morgan fingerprint density at radius 3 is 2.75 bits per heavy atom. The van der Waals surface area contributed by atoms with Crippen LogP contribution in [0.4, 0.5) is 14.5 Å². The van der Waals surface area contributed by atoms with Gasteiger partial charge in [-0.25, -0.2) is 17.2 Å². The van der Waals surface area contributed by atoms with Gasteiger partial charge in [-0.2, -0.15) is 5.10 Å². The van der Waals surface area contributed by atoms with Crippen LogP contribution in [0.5, 0.6) is 0 Å². The molecule has 0 amide bonds. The van der Waals surface area contributed by atoms with Crippen molar-refractivity contribution >= 4 is 15.7 Å². The first-order valence-corrected chi connectivity index (χ1v) is 9.00. The minimum Gasteiger partial charge on any atom is -0.381 e. The van der Waals surface area contributed by atoms with Gasteiger partial charge in [-0.1, -0.05) is 0 Å². The van der Waals surface area contributed by atoms with Crippen molar-refractivity contribution in [1.82, 2.24) is 9.78 Å².